The lowest BCUT2D eigenvalue weighted by Gasteiger charge is -2.14. The van der Waals surface area contributed by atoms with Gasteiger partial charge in [-0.2, -0.15) is 0 Å². The Bertz CT molecular complexity index is 1050. The van der Waals surface area contributed by atoms with Gasteiger partial charge in [0.1, 0.15) is 4.34 Å². The van der Waals surface area contributed by atoms with E-state index in [1.807, 2.05) is 12.1 Å². The van der Waals surface area contributed by atoms with Crippen molar-refractivity contribution in [3.05, 3.63) is 50.0 Å². The third kappa shape index (κ3) is 5.55. The van der Waals surface area contributed by atoms with Crippen LogP contribution in [0.1, 0.15) is 30.3 Å². The van der Waals surface area contributed by atoms with E-state index >= 15 is 0 Å². The summed E-state index contributed by atoms with van der Waals surface area (Å²) in [7, 11) is 0. The molecule has 0 bridgehead atoms. The number of aromatic amines is 1. The molecule has 0 aliphatic carbocycles. The van der Waals surface area contributed by atoms with E-state index < -0.39 is 0 Å². The minimum absolute atomic E-state index is 0.104. The van der Waals surface area contributed by atoms with Crippen molar-refractivity contribution in [2.75, 3.05) is 6.54 Å². The molecule has 164 valence electrons. The van der Waals surface area contributed by atoms with Crippen LogP contribution in [0, 0.1) is 11.8 Å². The highest BCUT2D eigenvalue weighted by atomic mass is 79.9. The number of H-pyrrole nitrogens is 1. The summed E-state index contributed by atoms with van der Waals surface area (Å²) in [5, 5.41) is 7.27. The quantitative estimate of drug-likeness (QED) is 0.406. The van der Waals surface area contributed by atoms with Gasteiger partial charge in [-0.3, -0.25) is 14.6 Å². The Balaban J connectivity index is 1.23. The fourth-order valence-corrected chi connectivity index (χ4v) is 5.91. The van der Waals surface area contributed by atoms with Crippen molar-refractivity contribution in [1.82, 2.24) is 20.6 Å². The second-order valence-electron chi connectivity index (χ2n) is 8.15. The van der Waals surface area contributed by atoms with E-state index in [1.165, 1.54) is 4.88 Å². The molecule has 0 spiro atoms. The number of carbonyl (C=O) groups is 2. The number of nitrogens with one attached hydrogen (secondary N) is 3. The van der Waals surface area contributed by atoms with Crippen LogP contribution >= 0.6 is 38.9 Å². The molecule has 3 aromatic rings. The minimum atomic E-state index is -0.369. The van der Waals surface area contributed by atoms with Gasteiger partial charge in [-0.1, -0.05) is 18.5 Å². The van der Waals surface area contributed by atoms with Crippen molar-refractivity contribution in [3.63, 3.8) is 0 Å². The zero-order valence-electron chi connectivity index (χ0n) is 17.1. The molecule has 0 saturated carbocycles. The molecule has 3 N–H and O–H groups in total. The van der Waals surface area contributed by atoms with Crippen LogP contribution in [0.4, 0.5) is 0 Å². The largest absolute Gasteiger partial charge is 0.357 e. The molecule has 1 aliphatic rings. The first-order valence-corrected chi connectivity index (χ1v) is 12.3. The molecular formula is C22H24BrClN4O2S. The third-order valence-electron chi connectivity index (χ3n) is 5.68. The van der Waals surface area contributed by atoms with E-state index in [0.29, 0.717) is 12.5 Å². The number of thiophene rings is 1. The summed E-state index contributed by atoms with van der Waals surface area (Å²) < 4.78 is 1.69. The van der Waals surface area contributed by atoms with Crippen molar-refractivity contribution in [2.45, 2.75) is 38.8 Å². The van der Waals surface area contributed by atoms with Crippen LogP contribution in [0.2, 0.25) is 4.34 Å². The first-order chi connectivity index (χ1) is 14.9. The average Bonchev–Trinajstić information content (AvgIpc) is 3.45. The first-order valence-electron chi connectivity index (χ1n) is 10.3. The number of halogens is 2. The number of nitrogens with zero attached hydrogens (tertiary/aromatic N) is 1. The fourth-order valence-electron chi connectivity index (χ4n) is 4.01. The number of ketones is 1. The van der Waals surface area contributed by atoms with Crippen LogP contribution in [0.15, 0.2) is 35.1 Å². The van der Waals surface area contributed by atoms with E-state index in [0.717, 1.165) is 44.8 Å². The second kappa shape index (κ2) is 9.81. The molecule has 6 nitrogen and oxygen atoms in total. The van der Waals surface area contributed by atoms with Gasteiger partial charge in [0.05, 0.1) is 12.6 Å². The number of aromatic nitrogens is 2. The van der Waals surface area contributed by atoms with Crippen molar-refractivity contribution in [3.8, 4) is 0 Å². The molecule has 1 amide bonds. The monoisotopic (exact) mass is 522 g/mol. The highest BCUT2D eigenvalue weighted by Crippen LogP contribution is 2.34. The van der Waals surface area contributed by atoms with E-state index in [2.05, 4.69) is 42.6 Å². The zero-order valence-corrected chi connectivity index (χ0v) is 20.2. The summed E-state index contributed by atoms with van der Waals surface area (Å²) in [5.41, 5.74) is 1.90. The molecule has 0 unspecified atom stereocenters. The van der Waals surface area contributed by atoms with Crippen LogP contribution in [0.5, 0.6) is 0 Å². The lowest BCUT2D eigenvalue weighted by atomic mass is 9.94. The van der Waals surface area contributed by atoms with Gasteiger partial charge in [0.25, 0.3) is 0 Å². The maximum atomic E-state index is 12.7. The van der Waals surface area contributed by atoms with Gasteiger partial charge in [-0.25, -0.2) is 0 Å². The molecule has 3 aromatic heterocycles. The summed E-state index contributed by atoms with van der Waals surface area (Å²) in [4.78, 5) is 33.8. The lowest BCUT2D eigenvalue weighted by molar-refractivity contribution is -0.129. The number of pyridine rings is 1. The number of rotatable bonds is 8. The normalized spacial score (nSPS) is 19.6. The van der Waals surface area contributed by atoms with Crippen molar-refractivity contribution in [2.24, 2.45) is 11.8 Å². The molecule has 0 aromatic carbocycles. The van der Waals surface area contributed by atoms with Gasteiger partial charge in [0.2, 0.25) is 5.91 Å². The van der Waals surface area contributed by atoms with E-state index in [9.17, 15) is 9.59 Å². The van der Waals surface area contributed by atoms with Gasteiger partial charge in [-0.05, 0) is 59.4 Å². The second-order valence-corrected chi connectivity index (χ2v) is 10.7. The molecular weight excluding hydrogens is 500 g/mol. The van der Waals surface area contributed by atoms with Crippen LogP contribution in [0.25, 0.3) is 10.9 Å². The van der Waals surface area contributed by atoms with Gasteiger partial charge >= 0.3 is 0 Å². The molecule has 1 aliphatic heterocycles. The van der Waals surface area contributed by atoms with Gasteiger partial charge in [-0.15, -0.1) is 11.3 Å². The van der Waals surface area contributed by atoms with Crippen LogP contribution in [-0.4, -0.2) is 34.2 Å². The average molecular weight is 524 g/mol. The standard InChI is InChI=1S/C22H24BrClN4O2S/c1-12(22(30)27-11-15-7-14-10-25-3-2-18(14)28-15)4-20(29)19-6-13(9-26-19)5-16-8-17(23)21(24)31-16/h2-3,7-8,10,12-13,19,26,28H,4-6,9,11H2,1H3,(H,27,30)/t12-,13+,19-/m1/s1. The van der Waals surface area contributed by atoms with E-state index in [1.54, 1.807) is 30.7 Å². The molecule has 3 atom stereocenters. The molecule has 9 heteroatoms. The summed E-state index contributed by atoms with van der Waals surface area (Å²) in [6.07, 6.45) is 5.45. The Hall–Kier alpha value is -1.74. The predicted octanol–water partition coefficient (Wildman–Crippen LogP) is 4.47. The van der Waals surface area contributed by atoms with Crippen molar-refractivity contribution < 1.29 is 9.59 Å². The summed E-state index contributed by atoms with van der Waals surface area (Å²) in [6.45, 7) is 3.01. The molecule has 31 heavy (non-hydrogen) atoms. The Morgan fingerprint density at radius 2 is 2.26 bits per heavy atom. The highest BCUT2D eigenvalue weighted by molar-refractivity contribution is 9.10. The minimum Gasteiger partial charge on any atom is -0.357 e. The van der Waals surface area contributed by atoms with E-state index in [4.69, 9.17) is 11.6 Å². The Morgan fingerprint density at radius 3 is 3.00 bits per heavy atom. The Morgan fingerprint density at radius 1 is 1.42 bits per heavy atom. The number of amides is 1. The topological polar surface area (TPSA) is 86.9 Å². The fraction of sp³-hybridized carbons (Fsp3) is 0.409. The SMILES string of the molecule is C[C@H](CC(=O)[C@H]1C[C@H](Cc2cc(Br)c(Cl)s2)CN1)C(=O)NCc1cc2cnccc2[nH]1. The number of hydrogen-bond donors (Lipinski definition) is 3. The molecule has 4 rings (SSSR count). The summed E-state index contributed by atoms with van der Waals surface area (Å²) in [6, 6.07) is 5.74. The number of Topliss-reactive ketones (excluding diaryl/α,β-unsaturated/α-hetero) is 1. The zero-order chi connectivity index (χ0) is 22.0. The van der Waals surface area contributed by atoms with Crippen molar-refractivity contribution in [1.29, 1.82) is 0 Å². The molecule has 0 radical (unpaired) electrons. The highest BCUT2D eigenvalue weighted by Gasteiger charge is 2.31. The predicted molar refractivity (Wildman–Crippen MR) is 127 cm³/mol. The first kappa shape index (κ1) is 22.5. The van der Waals surface area contributed by atoms with Crippen molar-refractivity contribution >= 4 is 61.5 Å². The Kier molecular flexibility index (Phi) is 7.11. The third-order valence-corrected chi connectivity index (χ3v) is 8.18. The number of carbonyl (C=O) groups excluding carboxylic acids is 2. The number of fused-ring (bicyclic) bond motifs is 1. The Labute approximate surface area is 198 Å². The van der Waals surface area contributed by atoms with Gasteiger partial charge in [0.15, 0.2) is 5.78 Å². The molecule has 1 fully saturated rings. The lowest BCUT2D eigenvalue weighted by Crippen LogP contribution is -2.35. The summed E-state index contributed by atoms with van der Waals surface area (Å²) >= 11 is 11.1. The summed E-state index contributed by atoms with van der Waals surface area (Å²) in [5.74, 6) is 0.0210. The van der Waals surface area contributed by atoms with Crippen LogP contribution < -0.4 is 10.6 Å². The smallest absolute Gasteiger partial charge is 0.223 e. The molecule has 4 heterocycles. The van der Waals surface area contributed by atoms with Crippen LogP contribution in [-0.2, 0) is 22.6 Å². The molecule has 1 saturated heterocycles. The maximum absolute atomic E-state index is 12.7. The van der Waals surface area contributed by atoms with E-state index in [-0.39, 0.29) is 30.1 Å². The van der Waals surface area contributed by atoms with Gasteiger partial charge in [0, 0.05) is 50.7 Å². The maximum Gasteiger partial charge on any atom is 0.223 e. The number of hydrogen-bond acceptors (Lipinski definition) is 5. The van der Waals surface area contributed by atoms with Gasteiger partial charge < -0.3 is 15.6 Å². The van der Waals surface area contributed by atoms with Crippen LogP contribution in [0.3, 0.4) is 0 Å².